The van der Waals surface area contributed by atoms with E-state index in [2.05, 4.69) is 4.84 Å². The van der Waals surface area contributed by atoms with Gasteiger partial charge >= 0.3 is 5.97 Å². The number of nitrogens with one attached hydrogen (secondary N) is 1. The van der Waals surface area contributed by atoms with Gasteiger partial charge in [0, 0.05) is 0 Å². The van der Waals surface area contributed by atoms with Crippen molar-refractivity contribution in [2.45, 2.75) is 20.0 Å². The fraction of sp³-hybridized carbons (Fsp3) is 0.714. The fourth-order valence-corrected chi connectivity index (χ4v) is 0.450. The Hall–Kier alpha value is -1.14. The predicted octanol–water partition coefficient (Wildman–Crippen LogP) is -0.456. The molecule has 0 saturated heterocycles. The molecule has 2 N–H and O–H groups in total. The molecule has 0 aromatic carbocycles. The van der Waals surface area contributed by atoms with Crippen LogP contribution in [0.3, 0.4) is 0 Å². The summed E-state index contributed by atoms with van der Waals surface area (Å²) in [5.74, 6) is -1.65. The van der Waals surface area contributed by atoms with Crippen LogP contribution in [0.25, 0.3) is 0 Å². The number of carbonyl (C=O) groups is 2. The third kappa shape index (κ3) is 8.77. The minimum atomic E-state index is -1.15. The number of aliphatic carboxylic acids is 1. The van der Waals surface area contributed by atoms with Crippen LogP contribution in [-0.4, -0.2) is 36.3 Å². The molecule has 0 bridgehead atoms. The second-order valence-electron chi connectivity index (χ2n) is 2.57. The monoisotopic (exact) mass is 191 g/mol. The Morgan fingerprint density at radius 3 is 2.46 bits per heavy atom. The Bertz CT molecular complexity index is 180. The summed E-state index contributed by atoms with van der Waals surface area (Å²) < 4.78 is 4.92. The van der Waals surface area contributed by atoms with Crippen LogP contribution >= 0.6 is 0 Å². The van der Waals surface area contributed by atoms with E-state index in [0.717, 1.165) is 0 Å². The SMILES string of the molecule is CC(C)OCC(=O)NOCC(=O)O. The van der Waals surface area contributed by atoms with Gasteiger partial charge in [0.05, 0.1) is 6.10 Å². The number of hydroxylamine groups is 1. The molecule has 0 heterocycles. The molecule has 0 atom stereocenters. The van der Waals surface area contributed by atoms with Crippen LogP contribution in [0.2, 0.25) is 0 Å². The first kappa shape index (κ1) is 11.9. The van der Waals surface area contributed by atoms with Crippen molar-refractivity contribution in [1.82, 2.24) is 5.48 Å². The van der Waals surface area contributed by atoms with Gasteiger partial charge in [-0.1, -0.05) is 0 Å². The Labute approximate surface area is 75.8 Å². The first-order valence-electron chi connectivity index (χ1n) is 3.76. The third-order valence-corrected chi connectivity index (χ3v) is 0.929. The van der Waals surface area contributed by atoms with Crippen LogP contribution in [0.1, 0.15) is 13.8 Å². The maximum Gasteiger partial charge on any atom is 0.332 e. The van der Waals surface area contributed by atoms with Crippen LogP contribution < -0.4 is 5.48 Å². The number of hydrogen-bond donors (Lipinski definition) is 2. The third-order valence-electron chi connectivity index (χ3n) is 0.929. The van der Waals surface area contributed by atoms with Crippen LogP contribution in [0.15, 0.2) is 0 Å². The van der Waals surface area contributed by atoms with Crippen molar-refractivity contribution < 1.29 is 24.3 Å². The summed E-state index contributed by atoms with van der Waals surface area (Å²) >= 11 is 0. The molecule has 0 aromatic heterocycles. The molecule has 0 aromatic rings. The van der Waals surface area contributed by atoms with E-state index in [0.29, 0.717) is 0 Å². The minimum absolute atomic E-state index is 0.0507. The Kier molecular flexibility index (Phi) is 5.82. The lowest BCUT2D eigenvalue weighted by Crippen LogP contribution is -2.30. The van der Waals surface area contributed by atoms with Crippen LogP contribution in [-0.2, 0) is 19.2 Å². The summed E-state index contributed by atoms with van der Waals surface area (Å²) in [5, 5.41) is 8.14. The van der Waals surface area contributed by atoms with Gasteiger partial charge in [0.2, 0.25) is 0 Å². The highest BCUT2D eigenvalue weighted by Crippen LogP contribution is 1.85. The molecule has 0 saturated carbocycles. The number of hydrogen-bond acceptors (Lipinski definition) is 4. The van der Waals surface area contributed by atoms with Gasteiger partial charge in [0.15, 0.2) is 6.61 Å². The normalized spacial score (nSPS) is 10.1. The van der Waals surface area contributed by atoms with Crippen molar-refractivity contribution >= 4 is 11.9 Å². The van der Waals surface area contributed by atoms with E-state index in [9.17, 15) is 9.59 Å². The van der Waals surface area contributed by atoms with E-state index < -0.39 is 18.5 Å². The zero-order valence-electron chi connectivity index (χ0n) is 7.57. The minimum Gasteiger partial charge on any atom is -0.479 e. The van der Waals surface area contributed by atoms with E-state index in [4.69, 9.17) is 9.84 Å². The standard InChI is InChI=1S/C7H13NO5/c1-5(2)12-3-6(9)8-13-4-7(10)11/h5H,3-4H2,1-2H3,(H,8,9)(H,10,11). The topological polar surface area (TPSA) is 84.9 Å². The number of carboxylic acid groups (broad SMARTS) is 1. The highest BCUT2D eigenvalue weighted by atomic mass is 16.7. The molecule has 0 spiro atoms. The lowest BCUT2D eigenvalue weighted by atomic mass is 10.5. The second kappa shape index (κ2) is 6.38. The molecular formula is C7H13NO5. The summed E-state index contributed by atoms with van der Waals surface area (Å²) in [6, 6.07) is 0. The Morgan fingerprint density at radius 1 is 1.38 bits per heavy atom. The molecule has 6 heteroatoms. The lowest BCUT2D eigenvalue weighted by Gasteiger charge is -2.07. The molecule has 13 heavy (non-hydrogen) atoms. The van der Waals surface area contributed by atoms with Crippen molar-refractivity contribution in [2.75, 3.05) is 13.2 Å². The summed E-state index contributed by atoms with van der Waals surface area (Å²) in [7, 11) is 0. The second-order valence-corrected chi connectivity index (χ2v) is 2.57. The van der Waals surface area contributed by atoms with Crippen molar-refractivity contribution in [3.8, 4) is 0 Å². The van der Waals surface area contributed by atoms with E-state index in [-0.39, 0.29) is 12.7 Å². The number of carboxylic acids is 1. The number of amides is 1. The zero-order chi connectivity index (χ0) is 10.3. The molecule has 0 unspecified atom stereocenters. The first-order valence-corrected chi connectivity index (χ1v) is 3.76. The average Bonchev–Trinajstić information content (AvgIpc) is 2.00. The van der Waals surface area contributed by atoms with Gasteiger partial charge < -0.3 is 9.84 Å². The van der Waals surface area contributed by atoms with Gasteiger partial charge in [0.1, 0.15) is 6.61 Å². The summed E-state index contributed by atoms with van der Waals surface area (Å²) in [4.78, 5) is 25.0. The molecule has 0 fully saturated rings. The predicted molar refractivity (Wildman–Crippen MR) is 42.8 cm³/mol. The van der Waals surface area contributed by atoms with Gasteiger partial charge in [0.25, 0.3) is 5.91 Å². The van der Waals surface area contributed by atoms with Crippen LogP contribution in [0.4, 0.5) is 0 Å². The van der Waals surface area contributed by atoms with E-state index >= 15 is 0 Å². The molecule has 0 rings (SSSR count). The van der Waals surface area contributed by atoms with E-state index in [1.165, 1.54) is 0 Å². The maximum absolute atomic E-state index is 10.8. The van der Waals surface area contributed by atoms with E-state index in [1.807, 2.05) is 5.48 Å². The molecule has 6 nitrogen and oxygen atoms in total. The van der Waals surface area contributed by atoms with E-state index in [1.54, 1.807) is 13.8 Å². The molecule has 1 amide bonds. The van der Waals surface area contributed by atoms with Gasteiger partial charge in [-0.05, 0) is 13.8 Å². The average molecular weight is 191 g/mol. The van der Waals surface area contributed by atoms with Crippen molar-refractivity contribution in [2.24, 2.45) is 0 Å². The molecular weight excluding hydrogens is 178 g/mol. The fourth-order valence-electron chi connectivity index (χ4n) is 0.450. The van der Waals surface area contributed by atoms with Crippen LogP contribution in [0.5, 0.6) is 0 Å². The van der Waals surface area contributed by atoms with Gasteiger partial charge in [-0.15, -0.1) is 0 Å². The summed E-state index contributed by atoms with van der Waals surface area (Å²) in [5.41, 5.74) is 1.92. The quantitative estimate of drug-likeness (QED) is 0.555. The van der Waals surface area contributed by atoms with Gasteiger partial charge in [-0.2, -0.15) is 0 Å². The maximum atomic E-state index is 10.8. The van der Waals surface area contributed by atoms with Gasteiger partial charge in [-0.3, -0.25) is 9.63 Å². The van der Waals surface area contributed by atoms with Crippen LogP contribution in [0, 0.1) is 0 Å². The number of rotatable bonds is 6. The zero-order valence-corrected chi connectivity index (χ0v) is 7.57. The number of ether oxygens (including phenoxy) is 1. The number of carbonyl (C=O) groups excluding carboxylic acids is 1. The van der Waals surface area contributed by atoms with Crippen molar-refractivity contribution in [3.05, 3.63) is 0 Å². The first-order chi connectivity index (χ1) is 6.02. The largest absolute Gasteiger partial charge is 0.479 e. The van der Waals surface area contributed by atoms with Crippen molar-refractivity contribution in [3.63, 3.8) is 0 Å². The lowest BCUT2D eigenvalue weighted by molar-refractivity contribution is -0.151. The smallest absolute Gasteiger partial charge is 0.332 e. The Morgan fingerprint density at radius 2 is 2.00 bits per heavy atom. The summed E-state index contributed by atoms with van der Waals surface area (Å²) in [6.07, 6.45) is -0.0507. The molecule has 0 radical (unpaired) electrons. The summed E-state index contributed by atoms with van der Waals surface area (Å²) in [6.45, 7) is 2.86. The Balaban J connectivity index is 3.35. The molecule has 0 aliphatic heterocycles. The highest BCUT2D eigenvalue weighted by molar-refractivity contribution is 5.76. The highest BCUT2D eigenvalue weighted by Gasteiger charge is 2.03. The van der Waals surface area contributed by atoms with Crippen molar-refractivity contribution in [1.29, 1.82) is 0 Å². The molecule has 0 aliphatic rings. The molecule has 0 aliphatic carbocycles. The molecule has 76 valence electrons. The van der Waals surface area contributed by atoms with Gasteiger partial charge in [-0.25, -0.2) is 10.3 Å².